The van der Waals surface area contributed by atoms with E-state index in [0.717, 1.165) is 0 Å². The summed E-state index contributed by atoms with van der Waals surface area (Å²) in [6.45, 7) is 12.7. The second-order valence-electron chi connectivity index (χ2n) is 9.15. The van der Waals surface area contributed by atoms with Crippen LogP contribution in [-0.4, -0.2) is 43.7 Å². The van der Waals surface area contributed by atoms with Gasteiger partial charge in [-0.3, -0.25) is 0 Å². The number of methoxy groups -OCH3 is 1. The lowest BCUT2D eigenvalue weighted by molar-refractivity contribution is 0.00578. The average molecular weight is 425 g/mol. The average Bonchev–Trinajstić information content (AvgIpc) is 2.81. The molecule has 1 N–H and O–H groups in total. The van der Waals surface area contributed by atoms with E-state index in [2.05, 4.69) is 5.32 Å². The fourth-order valence-electron chi connectivity index (χ4n) is 2.70. The minimum atomic E-state index is -1.10. The molecular weight excluding hydrogens is 395 g/mol. The highest BCUT2D eigenvalue weighted by Crippen LogP contribution is 2.39. The molecule has 1 saturated heterocycles. The maximum Gasteiger partial charge on any atom is 0.492 e. The third-order valence-corrected chi connectivity index (χ3v) is 5.03. The lowest BCUT2D eigenvalue weighted by Gasteiger charge is -2.32. The van der Waals surface area contributed by atoms with E-state index in [4.69, 9.17) is 18.8 Å². The van der Waals surface area contributed by atoms with E-state index in [9.17, 15) is 13.6 Å². The third-order valence-electron chi connectivity index (χ3n) is 5.03. The molecule has 1 heterocycles. The number of carbonyl (C=O) groups is 1. The largest absolute Gasteiger partial charge is 0.494 e. The van der Waals surface area contributed by atoms with E-state index < -0.39 is 41.6 Å². The highest BCUT2D eigenvalue weighted by Gasteiger charge is 2.52. The molecular formula is C21H30BF2NO5. The molecule has 0 aromatic heterocycles. The molecule has 1 aliphatic rings. The number of alkyl carbamates (subject to hydrolysis) is 1. The smallest absolute Gasteiger partial charge is 0.492 e. The van der Waals surface area contributed by atoms with Crippen LogP contribution in [0.15, 0.2) is 17.6 Å². The molecule has 0 atom stereocenters. The molecule has 0 bridgehead atoms. The molecule has 1 aliphatic heterocycles. The van der Waals surface area contributed by atoms with Crippen LogP contribution in [0.25, 0.3) is 6.08 Å². The predicted molar refractivity (Wildman–Crippen MR) is 111 cm³/mol. The van der Waals surface area contributed by atoms with Crippen LogP contribution < -0.4 is 10.1 Å². The summed E-state index contributed by atoms with van der Waals surface area (Å²) in [7, 11) is 0.392. The topological polar surface area (TPSA) is 66.0 Å². The summed E-state index contributed by atoms with van der Waals surface area (Å²) in [4.78, 5) is 12.1. The molecule has 1 amide bonds. The van der Waals surface area contributed by atoms with Gasteiger partial charge in [0.05, 0.1) is 18.3 Å². The standard InChI is InChI=1S/C21H30BF2NO5/c1-19(2,3)28-18(26)25-12-14(22-29-20(4,5)21(6,7)30-22)11-13-9-10-15(27-8)17(24)16(13)23/h9-11H,12H2,1-8H3,(H,25,26). The van der Waals surface area contributed by atoms with Crippen LogP contribution >= 0.6 is 0 Å². The quantitative estimate of drug-likeness (QED) is 0.704. The Hall–Kier alpha value is -2.13. The zero-order valence-corrected chi connectivity index (χ0v) is 18.8. The molecule has 0 unspecified atom stereocenters. The summed E-state index contributed by atoms with van der Waals surface area (Å²) in [6, 6.07) is 2.71. The first-order valence-corrected chi connectivity index (χ1v) is 9.72. The number of amides is 1. The molecule has 166 valence electrons. The van der Waals surface area contributed by atoms with Crippen molar-refractivity contribution < 1.29 is 32.4 Å². The Morgan fingerprint density at radius 3 is 2.20 bits per heavy atom. The van der Waals surface area contributed by atoms with E-state index in [1.165, 1.54) is 25.3 Å². The van der Waals surface area contributed by atoms with Crippen LogP contribution in [0.1, 0.15) is 54.0 Å². The number of benzene rings is 1. The Morgan fingerprint density at radius 1 is 1.13 bits per heavy atom. The fourth-order valence-corrected chi connectivity index (χ4v) is 2.70. The van der Waals surface area contributed by atoms with Crippen molar-refractivity contribution in [3.8, 4) is 5.75 Å². The van der Waals surface area contributed by atoms with Crippen molar-refractivity contribution in [3.05, 3.63) is 34.8 Å². The van der Waals surface area contributed by atoms with Crippen LogP contribution in [0.5, 0.6) is 5.75 Å². The van der Waals surface area contributed by atoms with Crippen LogP contribution in [0.3, 0.4) is 0 Å². The number of ether oxygens (including phenoxy) is 2. The summed E-state index contributed by atoms with van der Waals surface area (Å²) in [5.41, 5.74) is -1.59. The summed E-state index contributed by atoms with van der Waals surface area (Å²) < 4.78 is 50.8. The second-order valence-corrected chi connectivity index (χ2v) is 9.15. The molecule has 1 fully saturated rings. The molecule has 0 aliphatic carbocycles. The first-order chi connectivity index (χ1) is 13.7. The van der Waals surface area contributed by atoms with Gasteiger partial charge in [-0.2, -0.15) is 4.39 Å². The maximum absolute atomic E-state index is 14.5. The number of hydrogen-bond donors (Lipinski definition) is 1. The van der Waals surface area contributed by atoms with E-state index in [0.29, 0.717) is 5.47 Å². The van der Waals surface area contributed by atoms with Gasteiger partial charge in [-0.15, -0.1) is 0 Å². The number of nitrogens with one attached hydrogen (secondary N) is 1. The van der Waals surface area contributed by atoms with Gasteiger partial charge in [0.25, 0.3) is 0 Å². The monoisotopic (exact) mass is 425 g/mol. The van der Waals surface area contributed by atoms with Gasteiger partial charge in [0, 0.05) is 12.1 Å². The number of carbonyl (C=O) groups excluding carboxylic acids is 1. The predicted octanol–water partition coefficient (Wildman–Crippen LogP) is 4.51. The van der Waals surface area contributed by atoms with Crippen LogP contribution in [0.2, 0.25) is 0 Å². The van der Waals surface area contributed by atoms with E-state index in [1.807, 2.05) is 27.7 Å². The zero-order chi connectivity index (χ0) is 22.9. The van der Waals surface area contributed by atoms with Gasteiger partial charge in [-0.1, -0.05) is 6.08 Å². The van der Waals surface area contributed by atoms with Crippen molar-refractivity contribution in [1.82, 2.24) is 5.32 Å². The maximum atomic E-state index is 14.5. The molecule has 0 spiro atoms. The number of hydrogen-bond acceptors (Lipinski definition) is 5. The molecule has 2 rings (SSSR count). The van der Waals surface area contributed by atoms with Crippen molar-refractivity contribution in [2.75, 3.05) is 13.7 Å². The summed E-state index contributed by atoms with van der Waals surface area (Å²) >= 11 is 0. The van der Waals surface area contributed by atoms with Gasteiger partial charge in [0.15, 0.2) is 11.6 Å². The van der Waals surface area contributed by atoms with Gasteiger partial charge < -0.3 is 24.1 Å². The van der Waals surface area contributed by atoms with Crippen molar-refractivity contribution in [2.24, 2.45) is 0 Å². The first kappa shape index (κ1) is 24.1. The Bertz CT molecular complexity index is 817. The van der Waals surface area contributed by atoms with Crippen LogP contribution in [0, 0.1) is 11.6 Å². The zero-order valence-electron chi connectivity index (χ0n) is 18.8. The Labute approximate surface area is 177 Å². The molecule has 1 aromatic carbocycles. The molecule has 6 nitrogen and oxygen atoms in total. The highest BCUT2D eigenvalue weighted by molar-refractivity contribution is 6.56. The van der Waals surface area contributed by atoms with Gasteiger partial charge in [0.1, 0.15) is 5.60 Å². The Morgan fingerprint density at radius 2 is 1.70 bits per heavy atom. The summed E-state index contributed by atoms with van der Waals surface area (Å²) in [5, 5.41) is 2.62. The van der Waals surface area contributed by atoms with Crippen molar-refractivity contribution in [1.29, 1.82) is 0 Å². The van der Waals surface area contributed by atoms with Crippen molar-refractivity contribution in [3.63, 3.8) is 0 Å². The lowest BCUT2D eigenvalue weighted by Crippen LogP contribution is -2.41. The number of rotatable bonds is 5. The van der Waals surface area contributed by atoms with Crippen molar-refractivity contribution in [2.45, 2.75) is 65.3 Å². The Kier molecular flexibility index (Phi) is 6.88. The van der Waals surface area contributed by atoms with Gasteiger partial charge in [-0.25, -0.2) is 9.18 Å². The van der Waals surface area contributed by atoms with E-state index in [-0.39, 0.29) is 17.9 Å². The summed E-state index contributed by atoms with van der Waals surface area (Å²) in [6.07, 6.45) is 0.753. The van der Waals surface area contributed by atoms with Crippen LogP contribution in [-0.2, 0) is 14.0 Å². The minimum Gasteiger partial charge on any atom is -0.494 e. The molecule has 30 heavy (non-hydrogen) atoms. The van der Waals surface area contributed by atoms with Gasteiger partial charge >= 0.3 is 13.2 Å². The molecule has 1 aromatic rings. The minimum absolute atomic E-state index is 0.0241. The second kappa shape index (κ2) is 8.55. The van der Waals surface area contributed by atoms with Gasteiger partial charge in [0.2, 0.25) is 5.82 Å². The SMILES string of the molecule is COc1ccc(C=C(CNC(=O)OC(C)(C)C)B2OC(C)(C)C(C)(C)O2)c(F)c1F. The summed E-state index contributed by atoms with van der Waals surface area (Å²) in [5.74, 6) is -2.37. The molecule has 9 heteroatoms. The molecule has 0 radical (unpaired) electrons. The number of halogens is 2. The fraction of sp³-hybridized carbons (Fsp3) is 0.571. The lowest BCUT2D eigenvalue weighted by atomic mass is 9.77. The highest BCUT2D eigenvalue weighted by atomic mass is 19.2. The molecule has 0 saturated carbocycles. The van der Waals surface area contributed by atoms with E-state index >= 15 is 0 Å². The van der Waals surface area contributed by atoms with Crippen molar-refractivity contribution >= 4 is 19.3 Å². The first-order valence-electron chi connectivity index (χ1n) is 9.72. The van der Waals surface area contributed by atoms with E-state index in [1.54, 1.807) is 20.8 Å². The van der Waals surface area contributed by atoms with Crippen LogP contribution in [0.4, 0.5) is 13.6 Å². The third kappa shape index (κ3) is 5.52. The normalized spacial score (nSPS) is 18.3. The Balaban J connectivity index is 2.36. The van der Waals surface area contributed by atoms with Gasteiger partial charge in [-0.05, 0) is 66.1 Å².